The molecule has 0 bridgehead atoms. The highest BCUT2D eigenvalue weighted by Gasteiger charge is 2.33. The van der Waals surface area contributed by atoms with Crippen LogP contribution in [0.4, 0.5) is 11.4 Å². The summed E-state index contributed by atoms with van der Waals surface area (Å²) in [5.74, 6) is 0.870. The Balaban J connectivity index is 1.88. The first-order chi connectivity index (χ1) is 6.83. The van der Waals surface area contributed by atoms with Crippen molar-refractivity contribution < 1.29 is 0 Å². The molecule has 1 aromatic carbocycles. The molecule has 1 heterocycles. The fourth-order valence-electron chi connectivity index (χ4n) is 2.04. The maximum absolute atomic E-state index is 5.95. The second kappa shape index (κ2) is 3.06. The van der Waals surface area contributed by atoms with E-state index in [0.29, 0.717) is 6.04 Å². The van der Waals surface area contributed by atoms with E-state index >= 15 is 0 Å². The molecule has 1 aliphatic carbocycles. The van der Waals surface area contributed by atoms with Crippen LogP contribution in [0.1, 0.15) is 12.8 Å². The number of nitrogens with one attached hydrogen (secondary N) is 2. The lowest BCUT2D eigenvalue weighted by Gasteiger charge is -2.28. The van der Waals surface area contributed by atoms with Crippen molar-refractivity contribution in [3.05, 3.63) is 23.2 Å². The fourth-order valence-corrected chi connectivity index (χ4v) is 2.22. The average Bonchev–Trinajstić information content (AvgIpc) is 3.00. The minimum atomic E-state index is 0.598. The molecule has 2 aliphatic rings. The van der Waals surface area contributed by atoms with E-state index < -0.39 is 0 Å². The van der Waals surface area contributed by atoms with Gasteiger partial charge in [0.1, 0.15) is 0 Å². The van der Waals surface area contributed by atoms with E-state index in [4.69, 9.17) is 11.6 Å². The number of anilines is 2. The van der Waals surface area contributed by atoms with Crippen molar-refractivity contribution in [3.63, 3.8) is 0 Å². The van der Waals surface area contributed by atoms with Gasteiger partial charge in [-0.05, 0) is 37.0 Å². The van der Waals surface area contributed by atoms with Crippen LogP contribution in [0.2, 0.25) is 5.02 Å². The molecular weight excluding hydrogens is 196 g/mol. The zero-order chi connectivity index (χ0) is 9.54. The third-order valence-corrected chi connectivity index (χ3v) is 3.26. The summed E-state index contributed by atoms with van der Waals surface area (Å²) in [5, 5.41) is 7.79. The van der Waals surface area contributed by atoms with E-state index in [1.54, 1.807) is 0 Å². The van der Waals surface area contributed by atoms with Crippen LogP contribution in [-0.2, 0) is 0 Å². The van der Waals surface area contributed by atoms with Crippen molar-refractivity contribution in [1.29, 1.82) is 0 Å². The van der Waals surface area contributed by atoms with Crippen LogP contribution in [0.25, 0.3) is 0 Å². The molecule has 0 aromatic heterocycles. The summed E-state index contributed by atoms with van der Waals surface area (Å²) in [7, 11) is 0. The van der Waals surface area contributed by atoms with E-state index in [0.717, 1.165) is 23.2 Å². The number of hydrogen-bond donors (Lipinski definition) is 2. The molecule has 0 spiro atoms. The van der Waals surface area contributed by atoms with Crippen LogP contribution in [0.3, 0.4) is 0 Å². The molecule has 14 heavy (non-hydrogen) atoms. The predicted octanol–water partition coefficient (Wildman–Crippen LogP) is 2.96. The molecule has 3 rings (SSSR count). The van der Waals surface area contributed by atoms with Crippen molar-refractivity contribution in [2.45, 2.75) is 18.9 Å². The summed E-state index contributed by atoms with van der Waals surface area (Å²) in [6, 6.07) is 6.56. The summed E-state index contributed by atoms with van der Waals surface area (Å²) in [5.41, 5.74) is 2.33. The molecule has 1 aliphatic heterocycles. The quantitative estimate of drug-likeness (QED) is 0.742. The minimum absolute atomic E-state index is 0.598. The van der Waals surface area contributed by atoms with E-state index in [1.807, 2.05) is 18.2 Å². The maximum Gasteiger partial charge on any atom is 0.0593 e. The number of hydrogen-bond acceptors (Lipinski definition) is 2. The molecule has 1 fully saturated rings. The van der Waals surface area contributed by atoms with Crippen molar-refractivity contribution in [3.8, 4) is 0 Å². The summed E-state index contributed by atoms with van der Waals surface area (Å²) >= 11 is 5.95. The normalized spacial score (nSPS) is 24.8. The number of benzene rings is 1. The van der Waals surface area contributed by atoms with Gasteiger partial charge in [-0.1, -0.05) is 11.6 Å². The summed E-state index contributed by atoms with van der Waals surface area (Å²) in [4.78, 5) is 0. The highest BCUT2D eigenvalue weighted by Crippen LogP contribution is 2.38. The third-order valence-electron chi connectivity index (χ3n) is 3.03. The second-order valence-electron chi connectivity index (χ2n) is 4.16. The molecule has 0 radical (unpaired) electrons. The first kappa shape index (κ1) is 8.42. The Morgan fingerprint density at radius 1 is 1.21 bits per heavy atom. The highest BCUT2D eigenvalue weighted by molar-refractivity contribution is 6.31. The molecule has 2 N–H and O–H groups in total. The van der Waals surface area contributed by atoms with E-state index in [2.05, 4.69) is 10.6 Å². The largest absolute Gasteiger partial charge is 0.381 e. The first-order valence-electron chi connectivity index (χ1n) is 5.13. The molecule has 74 valence electrons. The summed E-state index contributed by atoms with van der Waals surface area (Å²) < 4.78 is 0. The molecule has 0 amide bonds. The van der Waals surface area contributed by atoms with Crippen LogP contribution >= 0.6 is 11.6 Å². The van der Waals surface area contributed by atoms with Gasteiger partial charge in [-0.15, -0.1) is 0 Å². The molecular formula is C11H13ClN2. The number of halogens is 1. The smallest absolute Gasteiger partial charge is 0.0593 e. The topological polar surface area (TPSA) is 24.1 Å². The Kier molecular flexibility index (Phi) is 1.84. The Labute approximate surface area is 88.6 Å². The average molecular weight is 209 g/mol. The number of rotatable bonds is 1. The lowest BCUT2D eigenvalue weighted by Crippen LogP contribution is -2.34. The van der Waals surface area contributed by atoms with Gasteiger partial charge in [0.05, 0.1) is 11.4 Å². The van der Waals surface area contributed by atoms with E-state index in [1.165, 1.54) is 18.5 Å². The Morgan fingerprint density at radius 2 is 2.07 bits per heavy atom. The fraction of sp³-hybridized carbons (Fsp3) is 0.455. The van der Waals surface area contributed by atoms with E-state index in [9.17, 15) is 0 Å². The van der Waals surface area contributed by atoms with Crippen LogP contribution in [0.5, 0.6) is 0 Å². The molecule has 1 atom stereocenters. The van der Waals surface area contributed by atoms with Crippen LogP contribution < -0.4 is 10.6 Å². The van der Waals surface area contributed by atoms with Gasteiger partial charge >= 0.3 is 0 Å². The first-order valence-corrected chi connectivity index (χ1v) is 5.51. The van der Waals surface area contributed by atoms with E-state index in [-0.39, 0.29) is 0 Å². The molecule has 3 heteroatoms. The molecule has 0 saturated heterocycles. The van der Waals surface area contributed by atoms with Gasteiger partial charge in [0, 0.05) is 17.6 Å². The van der Waals surface area contributed by atoms with Gasteiger partial charge in [-0.3, -0.25) is 0 Å². The Morgan fingerprint density at radius 3 is 2.86 bits per heavy atom. The monoisotopic (exact) mass is 208 g/mol. The molecule has 1 unspecified atom stereocenters. The number of fused-ring (bicyclic) bond motifs is 1. The molecule has 1 aromatic rings. The Bertz CT molecular complexity index is 360. The van der Waals surface area contributed by atoms with Crippen LogP contribution in [0, 0.1) is 5.92 Å². The summed E-state index contributed by atoms with van der Waals surface area (Å²) in [6.45, 7) is 1.04. The maximum atomic E-state index is 5.95. The second-order valence-corrected chi connectivity index (χ2v) is 4.60. The van der Waals surface area contributed by atoms with Crippen molar-refractivity contribution >= 4 is 23.0 Å². The van der Waals surface area contributed by atoms with Gasteiger partial charge < -0.3 is 10.6 Å². The van der Waals surface area contributed by atoms with Crippen molar-refractivity contribution in [2.24, 2.45) is 5.92 Å². The van der Waals surface area contributed by atoms with Crippen molar-refractivity contribution in [2.75, 3.05) is 17.2 Å². The van der Waals surface area contributed by atoms with Gasteiger partial charge in [0.25, 0.3) is 0 Å². The van der Waals surface area contributed by atoms with Gasteiger partial charge in [0.15, 0.2) is 0 Å². The SMILES string of the molecule is Clc1ccc2c(c1)NC(C1CC1)CN2. The van der Waals surface area contributed by atoms with Gasteiger partial charge in [-0.25, -0.2) is 0 Å². The van der Waals surface area contributed by atoms with Gasteiger partial charge in [-0.2, -0.15) is 0 Å². The van der Waals surface area contributed by atoms with Crippen molar-refractivity contribution in [1.82, 2.24) is 0 Å². The highest BCUT2D eigenvalue weighted by atomic mass is 35.5. The zero-order valence-corrected chi connectivity index (χ0v) is 8.64. The predicted molar refractivity (Wildman–Crippen MR) is 60.1 cm³/mol. The third kappa shape index (κ3) is 1.44. The lowest BCUT2D eigenvalue weighted by molar-refractivity contribution is 0.653. The lowest BCUT2D eigenvalue weighted by atomic mass is 10.1. The van der Waals surface area contributed by atoms with Crippen LogP contribution in [-0.4, -0.2) is 12.6 Å². The van der Waals surface area contributed by atoms with Gasteiger partial charge in [0.2, 0.25) is 0 Å². The molecule has 2 nitrogen and oxygen atoms in total. The Hall–Kier alpha value is -0.890. The zero-order valence-electron chi connectivity index (χ0n) is 7.89. The van der Waals surface area contributed by atoms with Crippen LogP contribution in [0.15, 0.2) is 18.2 Å². The minimum Gasteiger partial charge on any atom is -0.381 e. The summed E-state index contributed by atoms with van der Waals surface area (Å²) in [6.07, 6.45) is 2.74. The standard InChI is InChI=1S/C11H13ClN2/c12-8-3-4-9-10(5-8)14-11(6-13-9)7-1-2-7/h3-5,7,11,13-14H,1-2,6H2. The molecule has 1 saturated carbocycles.